The minimum Gasteiger partial charge on any atom is -0.342 e. The Morgan fingerprint density at radius 2 is 1.95 bits per heavy atom. The van der Waals surface area contributed by atoms with Gasteiger partial charge in [0.1, 0.15) is 0 Å². The zero-order valence-corrected chi connectivity index (χ0v) is 11.8. The lowest BCUT2D eigenvalue weighted by Crippen LogP contribution is -2.38. The molecule has 1 aromatic carbocycles. The second-order valence-electron chi connectivity index (χ2n) is 5.15. The zero-order valence-electron chi connectivity index (χ0n) is 11.8. The average Bonchev–Trinajstić information content (AvgIpc) is 2.37. The topological polar surface area (TPSA) is 32.3 Å². The van der Waals surface area contributed by atoms with Gasteiger partial charge >= 0.3 is 0 Å². The highest BCUT2D eigenvalue weighted by molar-refractivity contribution is 5.93. The summed E-state index contributed by atoms with van der Waals surface area (Å²) in [4.78, 5) is 14.0. The molecule has 1 aliphatic heterocycles. The first-order valence-electron chi connectivity index (χ1n) is 6.87. The smallest absolute Gasteiger partial charge is 0.249 e. The van der Waals surface area contributed by atoms with Crippen LogP contribution < -0.4 is 5.32 Å². The Bertz CT molecular complexity index is 459. The van der Waals surface area contributed by atoms with E-state index in [9.17, 15) is 4.79 Å². The summed E-state index contributed by atoms with van der Waals surface area (Å²) in [7, 11) is 1.89. The molecule has 0 saturated carbocycles. The van der Waals surface area contributed by atoms with Crippen LogP contribution in [0.25, 0.3) is 0 Å². The third kappa shape index (κ3) is 3.67. The van der Waals surface area contributed by atoms with Crippen molar-refractivity contribution in [1.82, 2.24) is 10.2 Å². The maximum atomic E-state index is 12.2. The molecule has 0 spiro atoms. The highest BCUT2D eigenvalue weighted by Crippen LogP contribution is 2.12. The van der Waals surface area contributed by atoms with E-state index < -0.39 is 0 Å². The summed E-state index contributed by atoms with van der Waals surface area (Å²) in [6, 6.07) is 10.4. The van der Waals surface area contributed by atoms with E-state index in [2.05, 4.69) is 29.6 Å². The summed E-state index contributed by atoms with van der Waals surface area (Å²) in [5.74, 6) is 0.171. The van der Waals surface area contributed by atoms with E-state index in [1.807, 2.05) is 24.9 Å². The van der Waals surface area contributed by atoms with Crippen LogP contribution in [0.3, 0.4) is 0 Å². The van der Waals surface area contributed by atoms with Crippen LogP contribution in [0.15, 0.2) is 41.5 Å². The number of carbonyl (C=O) groups excluding carboxylic acids is 1. The molecule has 102 valence electrons. The molecular weight excluding hydrogens is 236 g/mol. The second-order valence-corrected chi connectivity index (χ2v) is 5.15. The SMILES string of the molecule is CC(C(=O)N(C)CCCc1ccccc1)=C1CNC1. The molecular formula is C16H22N2O. The Hall–Kier alpha value is -1.61. The van der Waals surface area contributed by atoms with Gasteiger partial charge in [-0.1, -0.05) is 30.3 Å². The fourth-order valence-corrected chi connectivity index (χ4v) is 2.22. The molecule has 2 rings (SSSR count). The minimum absolute atomic E-state index is 0.171. The summed E-state index contributed by atoms with van der Waals surface area (Å²) >= 11 is 0. The van der Waals surface area contributed by atoms with Crippen LogP contribution in [-0.4, -0.2) is 37.5 Å². The molecule has 1 aromatic rings. The number of hydrogen-bond acceptors (Lipinski definition) is 2. The number of benzene rings is 1. The van der Waals surface area contributed by atoms with Crippen LogP contribution in [0.2, 0.25) is 0 Å². The third-order valence-electron chi connectivity index (χ3n) is 3.68. The van der Waals surface area contributed by atoms with Crippen molar-refractivity contribution in [2.24, 2.45) is 0 Å². The second kappa shape index (κ2) is 6.53. The molecule has 0 unspecified atom stereocenters. The predicted molar refractivity (Wildman–Crippen MR) is 78.0 cm³/mol. The average molecular weight is 258 g/mol. The summed E-state index contributed by atoms with van der Waals surface area (Å²) in [6.45, 7) is 4.49. The molecule has 0 bridgehead atoms. The van der Waals surface area contributed by atoms with Crippen LogP contribution in [0, 0.1) is 0 Å². The molecule has 0 aliphatic carbocycles. The van der Waals surface area contributed by atoms with Gasteiger partial charge < -0.3 is 10.2 Å². The van der Waals surface area contributed by atoms with Gasteiger partial charge in [0.05, 0.1) is 0 Å². The van der Waals surface area contributed by atoms with Crippen molar-refractivity contribution >= 4 is 5.91 Å². The van der Waals surface area contributed by atoms with Gasteiger partial charge in [0.15, 0.2) is 0 Å². The summed E-state index contributed by atoms with van der Waals surface area (Å²) < 4.78 is 0. The van der Waals surface area contributed by atoms with Crippen molar-refractivity contribution < 1.29 is 4.79 Å². The maximum absolute atomic E-state index is 12.2. The molecule has 1 N–H and O–H groups in total. The number of carbonyl (C=O) groups is 1. The Kier molecular flexibility index (Phi) is 4.74. The van der Waals surface area contributed by atoms with Crippen molar-refractivity contribution in [3.63, 3.8) is 0 Å². The lowest BCUT2D eigenvalue weighted by atomic mass is 10.0. The van der Waals surface area contributed by atoms with Gasteiger partial charge in [-0.15, -0.1) is 0 Å². The van der Waals surface area contributed by atoms with Crippen molar-refractivity contribution in [2.75, 3.05) is 26.7 Å². The fourth-order valence-electron chi connectivity index (χ4n) is 2.22. The molecule has 1 aliphatic rings. The minimum atomic E-state index is 0.171. The quantitative estimate of drug-likeness (QED) is 0.819. The van der Waals surface area contributed by atoms with Crippen molar-refractivity contribution in [1.29, 1.82) is 0 Å². The standard InChI is InChI=1S/C16H22N2O/c1-13(15-11-17-12-15)16(19)18(2)10-6-9-14-7-4-3-5-8-14/h3-5,7-8,17H,6,9-12H2,1-2H3. The molecule has 1 saturated heterocycles. The van der Waals surface area contributed by atoms with Gasteiger partial charge in [-0.2, -0.15) is 0 Å². The first kappa shape index (κ1) is 13.8. The lowest BCUT2D eigenvalue weighted by Gasteiger charge is -2.24. The number of rotatable bonds is 5. The van der Waals surface area contributed by atoms with Gasteiger partial charge in [0, 0.05) is 32.3 Å². The number of likely N-dealkylation sites (N-methyl/N-ethyl adjacent to an activating group) is 1. The number of aryl methyl sites for hydroxylation is 1. The molecule has 0 aromatic heterocycles. The fraction of sp³-hybridized carbons (Fsp3) is 0.438. The predicted octanol–water partition coefficient (Wildman–Crippen LogP) is 2.00. The largest absolute Gasteiger partial charge is 0.342 e. The molecule has 3 nitrogen and oxygen atoms in total. The van der Waals surface area contributed by atoms with Gasteiger partial charge in [-0.05, 0) is 30.9 Å². The number of nitrogens with zero attached hydrogens (tertiary/aromatic N) is 1. The molecule has 19 heavy (non-hydrogen) atoms. The summed E-state index contributed by atoms with van der Waals surface area (Å²) in [5.41, 5.74) is 3.50. The van der Waals surface area contributed by atoms with Crippen molar-refractivity contribution in [3.05, 3.63) is 47.0 Å². The normalized spacial score (nSPS) is 13.9. The monoisotopic (exact) mass is 258 g/mol. The Morgan fingerprint density at radius 3 is 2.53 bits per heavy atom. The lowest BCUT2D eigenvalue weighted by molar-refractivity contribution is -0.126. The highest BCUT2D eigenvalue weighted by atomic mass is 16.2. The van der Waals surface area contributed by atoms with Crippen molar-refractivity contribution in [2.45, 2.75) is 19.8 Å². The van der Waals surface area contributed by atoms with Gasteiger partial charge in [0.25, 0.3) is 0 Å². The maximum Gasteiger partial charge on any atom is 0.249 e. The molecule has 1 heterocycles. The first-order chi connectivity index (χ1) is 9.18. The van der Waals surface area contributed by atoms with E-state index in [-0.39, 0.29) is 5.91 Å². The highest BCUT2D eigenvalue weighted by Gasteiger charge is 2.18. The van der Waals surface area contributed by atoms with E-state index >= 15 is 0 Å². The molecule has 0 radical (unpaired) electrons. The first-order valence-corrected chi connectivity index (χ1v) is 6.87. The van der Waals surface area contributed by atoms with Crippen LogP contribution in [0.5, 0.6) is 0 Å². The zero-order chi connectivity index (χ0) is 13.7. The van der Waals surface area contributed by atoms with Gasteiger partial charge in [-0.25, -0.2) is 0 Å². The summed E-state index contributed by atoms with van der Waals surface area (Å²) in [6.07, 6.45) is 2.03. The van der Waals surface area contributed by atoms with Gasteiger partial charge in [-0.3, -0.25) is 4.79 Å². The van der Waals surface area contributed by atoms with E-state index in [4.69, 9.17) is 0 Å². The molecule has 1 fully saturated rings. The van der Waals surface area contributed by atoms with Crippen LogP contribution in [-0.2, 0) is 11.2 Å². The molecule has 1 amide bonds. The molecule has 0 atom stereocenters. The molecule has 3 heteroatoms. The van der Waals surface area contributed by atoms with Crippen molar-refractivity contribution in [3.8, 4) is 0 Å². The third-order valence-corrected chi connectivity index (χ3v) is 3.68. The number of hydrogen-bond donors (Lipinski definition) is 1. The van der Waals surface area contributed by atoms with Gasteiger partial charge in [0.2, 0.25) is 5.91 Å². The number of amides is 1. The van der Waals surface area contributed by atoms with E-state index in [0.29, 0.717) is 0 Å². The Balaban J connectivity index is 1.78. The Morgan fingerprint density at radius 1 is 1.26 bits per heavy atom. The Labute approximate surface area is 115 Å². The van der Waals surface area contributed by atoms with Crippen LogP contribution in [0.4, 0.5) is 0 Å². The number of nitrogens with one attached hydrogen (secondary N) is 1. The van der Waals surface area contributed by atoms with E-state index in [1.165, 1.54) is 11.1 Å². The van der Waals surface area contributed by atoms with E-state index in [0.717, 1.165) is 38.0 Å². The van der Waals surface area contributed by atoms with Crippen LogP contribution in [0.1, 0.15) is 18.9 Å². The van der Waals surface area contributed by atoms with E-state index in [1.54, 1.807) is 0 Å². The summed E-state index contributed by atoms with van der Waals surface area (Å²) in [5, 5.41) is 3.17. The van der Waals surface area contributed by atoms with Crippen LogP contribution >= 0.6 is 0 Å².